The van der Waals surface area contributed by atoms with Crippen LogP contribution in [0.4, 0.5) is 0 Å². The maximum absolute atomic E-state index is 12.8. The van der Waals surface area contributed by atoms with Gasteiger partial charge in [0.2, 0.25) is 5.91 Å². The normalized spacial score (nSPS) is 19.7. The van der Waals surface area contributed by atoms with E-state index in [0.717, 1.165) is 16.7 Å². The van der Waals surface area contributed by atoms with Crippen LogP contribution < -0.4 is 0 Å². The van der Waals surface area contributed by atoms with Gasteiger partial charge in [0.1, 0.15) is 6.73 Å². The third-order valence-corrected chi connectivity index (χ3v) is 7.66. The fourth-order valence-electron chi connectivity index (χ4n) is 4.31. The zero-order valence-corrected chi connectivity index (χ0v) is 18.5. The van der Waals surface area contributed by atoms with Crippen molar-refractivity contribution >= 4 is 17.7 Å². The molecule has 4 nitrogen and oxygen atoms in total. The Balaban J connectivity index is 1.91. The first kappa shape index (κ1) is 21.6. The minimum Gasteiger partial charge on any atom is -0.392 e. The molecule has 1 fully saturated rings. The van der Waals surface area contributed by atoms with Crippen molar-refractivity contribution in [2.24, 2.45) is 5.92 Å². The largest absolute Gasteiger partial charge is 0.392 e. The van der Waals surface area contributed by atoms with Crippen LogP contribution in [0.5, 0.6) is 0 Å². The number of rotatable bonds is 8. The molecular weight excluding hydrogens is 406 g/mol. The van der Waals surface area contributed by atoms with Gasteiger partial charge in [0.05, 0.1) is 22.1 Å². The van der Waals surface area contributed by atoms with Crippen LogP contribution in [-0.2, 0) is 14.3 Å². The lowest BCUT2D eigenvalue weighted by Crippen LogP contribution is -2.64. The minimum absolute atomic E-state index is 0.0718. The summed E-state index contributed by atoms with van der Waals surface area (Å²) in [7, 11) is 1.59. The van der Waals surface area contributed by atoms with Crippen molar-refractivity contribution in [3.63, 3.8) is 0 Å². The number of likely N-dealkylation sites (tertiary alicyclic amines) is 1. The van der Waals surface area contributed by atoms with E-state index in [9.17, 15) is 9.90 Å². The van der Waals surface area contributed by atoms with Gasteiger partial charge in [-0.1, -0.05) is 91.0 Å². The van der Waals surface area contributed by atoms with Crippen LogP contribution in [-0.4, -0.2) is 41.2 Å². The Kier molecular flexibility index (Phi) is 6.46. The number of nitrogens with zero attached hydrogens (tertiary/aromatic N) is 1. The lowest BCUT2D eigenvalue weighted by Gasteiger charge is -2.51. The third-order valence-electron chi connectivity index (χ3n) is 5.81. The Hall–Kier alpha value is -2.60. The van der Waals surface area contributed by atoms with Gasteiger partial charge >= 0.3 is 0 Å². The van der Waals surface area contributed by atoms with E-state index in [4.69, 9.17) is 4.74 Å². The first-order chi connectivity index (χ1) is 15.1. The second kappa shape index (κ2) is 9.27. The van der Waals surface area contributed by atoms with E-state index in [1.807, 2.05) is 54.6 Å². The van der Waals surface area contributed by atoms with Crippen molar-refractivity contribution < 1.29 is 14.6 Å². The number of benzene rings is 3. The summed E-state index contributed by atoms with van der Waals surface area (Å²) < 4.78 is 4.76. The molecule has 1 N–H and O–H groups in total. The molecule has 0 saturated carbocycles. The van der Waals surface area contributed by atoms with Crippen LogP contribution in [0.2, 0.25) is 0 Å². The average Bonchev–Trinajstić information content (AvgIpc) is 2.81. The first-order valence-electron chi connectivity index (χ1n) is 10.4. The van der Waals surface area contributed by atoms with Crippen LogP contribution in [0.25, 0.3) is 0 Å². The van der Waals surface area contributed by atoms with Crippen LogP contribution >= 0.6 is 11.8 Å². The van der Waals surface area contributed by atoms with Gasteiger partial charge in [-0.3, -0.25) is 4.79 Å². The zero-order chi connectivity index (χ0) is 21.8. The molecule has 0 aromatic heterocycles. The van der Waals surface area contributed by atoms with E-state index in [2.05, 4.69) is 36.4 Å². The molecule has 31 heavy (non-hydrogen) atoms. The van der Waals surface area contributed by atoms with Gasteiger partial charge < -0.3 is 14.7 Å². The maximum Gasteiger partial charge on any atom is 0.234 e. The van der Waals surface area contributed by atoms with E-state index >= 15 is 0 Å². The van der Waals surface area contributed by atoms with Crippen molar-refractivity contribution in [2.45, 2.75) is 23.1 Å². The Morgan fingerprint density at radius 3 is 1.68 bits per heavy atom. The Morgan fingerprint density at radius 1 is 0.903 bits per heavy atom. The van der Waals surface area contributed by atoms with Gasteiger partial charge in [-0.15, -0.1) is 11.8 Å². The van der Waals surface area contributed by atoms with E-state index in [0.29, 0.717) is 0 Å². The van der Waals surface area contributed by atoms with Gasteiger partial charge in [0, 0.05) is 7.11 Å². The number of β-lactam (4-membered cyclic amide) rings is 1. The molecule has 0 bridgehead atoms. The zero-order valence-electron chi connectivity index (χ0n) is 17.7. The van der Waals surface area contributed by atoms with E-state index < -0.39 is 16.8 Å². The van der Waals surface area contributed by atoms with Gasteiger partial charge in [0.15, 0.2) is 0 Å². The van der Waals surface area contributed by atoms with Gasteiger partial charge in [-0.2, -0.15) is 0 Å². The molecule has 4 rings (SSSR count). The number of carbonyl (C=O) groups excluding carboxylic acids is 1. The molecule has 1 heterocycles. The predicted molar refractivity (Wildman–Crippen MR) is 124 cm³/mol. The molecule has 3 atom stereocenters. The maximum atomic E-state index is 12.8. The number of ether oxygens (including phenoxy) is 1. The van der Waals surface area contributed by atoms with Crippen molar-refractivity contribution in [3.05, 3.63) is 108 Å². The highest BCUT2D eigenvalue weighted by Gasteiger charge is 2.54. The second-order valence-corrected chi connectivity index (χ2v) is 9.11. The SMILES string of the molecule is COCN1C(=O)C(C(C)O)C1SC(c1ccccc1)(c1ccccc1)c1ccccc1. The molecule has 1 saturated heterocycles. The third kappa shape index (κ3) is 3.89. The van der Waals surface area contributed by atoms with E-state index in [-0.39, 0.29) is 18.0 Å². The summed E-state index contributed by atoms with van der Waals surface area (Å²) in [4.78, 5) is 14.5. The lowest BCUT2D eigenvalue weighted by molar-refractivity contribution is -0.164. The summed E-state index contributed by atoms with van der Waals surface area (Å²) in [6, 6.07) is 31.1. The summed E-state index contributed by atoms with van der Waals surface area (Å²) in [5.74, 6) is -0.548. The first-order valence-corrected chi connectivity index (χ1v) is 11.3. The summed E-state index contributed by atoms with van der Waals surface area (Å²) in [5, 5.41) is 10.2. The number of aliphatic hydroxyl groups excluding tert-OH is 1. The molecule has 5 heteroatoms. The quantitative estimate of drug-likeness (QED) is 0.420. The predicted octanol–water partition coefficient (Wildman–Crippen LogP) is 4.48. The molecule has 0 radical (unpaired) electrons. The van der Waals surface area contributed by atoms with Crippen LogP contribution in [0.1, 0.15) is 23.6 Å². The van der Waals surface area contributed by atoms with Gasteiger partial charge in [-0.25, -0.2) is 0 Å². The Morgan fingerprint density at radius 2 is 1.32 bits per heavy atom. The summed E-state index contributed by atoms with van der Waals surface area (Å²) >= 11 is 1.69. The van der Waals surface area contributed by atoms with Crippen LogP contribution in [0.3, 0.4) is 0 Å². The highest BCUT2D eigenvalue weighted by molar-refractivity contribution is 8.01. The highest BCUT2D eigenvalue weighted by atomic mass is 32.2. The number of amides is 1. The number of hydrogen-bond acceptors (Lipinski definition) is 4. The van der Waals surface area contributed by atoms with Crippen LogP contribution in [0.15, 0.2) is 91.0 Å². The number of carbonyl (C=O) groups is 1. The second-order valence-electron chi connectivity index (χ2n) is 7.78. The van der Waals surface area contributed by atoms with Crippen molar-refractivity contribution in [3.8, 4) is 0 Å². The summed E-state index contributed by atoms with van der Waals surface area (Å²) in [5.41, 5.74) is 3.37. The van der Waals surface area contributed by atoms with E-state index in [1.54, 1.807) is 30.7 Å². The molecule has 0 spiro atoms. The van der Waals surface area contributed by atoms with Gasteiger partial charge in [0.25, 0.3) is 0 Å². The van der Waals surface area contributed by atoms with Crippen molar-refractivity contribution in [1.29, 1.82) is 0 Å². The molecular formula is C26H27NO3S. The Labute approximate surface area is 187 Å². The molecule has 160 valence electrons. The number of thioether (sulfide) groups is 1. The summed E-state index contributed by atoms with van der Waals surface area (Å²) in [6.45, 7) is 1.89. The van der Waals surface area contributed by atoms with Crippen molar-refractivity contribution in [2.75, 3.05) is 13.8 Å². The highest BCUT2D eigenvalue weighted by Crippen LogP contribution is 2.54. The standard InChI is InChI=1S/C26H27NO3S/c1-19(28)23-24(29)27(18-30-2)25(23)31-26(20-12-6-3-7-13-20,21-14-8-4-9-15-21)22-16-10-5-11-17-22/h3-17,19,23,25,28H,18H2,1-2H3. The number of aliphatic hydroxyl groups is 1. The molecule has 3 aromatic carbocycles. The fraction of sp³-hybridized carbons (Fsp3) is 0.269. The molecule has 1 amide bonds. The van der Waals surface area contributed by atoms with Crippen LogP contribution in [0, 0.1) is 5.92 Å². The molecule has 3 aromatic rings. The number of hydrogen-bond donors (Lipinski definition) is 1. The molecule has 0 aliphatic carbocycles. The average molecular weight is 434 g/mol. The number of methoxy groups -OCH3 is 1. The Bertz CT molecular complexity index is 898. The molecule has 1 aliphatic rings. The minimum atomic E-state index is -0.738. The monoisotopic (exact) mass is 433 g/mol. The smallest absolute Gasteiger partial charge is 0.234 e. The molecule has 3 unspecified atom stereocenters. The lowest BCUT2D eigenvalue weighted by atomic mass is 9.84. The van der Waals surface area contributed by atoms with Crippen molar-refractivity contribution in [1.82, 2.24) is 4.90 Å². The molecule has 1 aliphatic heterocycles. The van der Waals surface area contributed by atoms with Gasteiger partial charge in [-0.05, 0) is 23.6 Å². The summed E-state index contributed by atoms with van der Waals surface area (Å²) in [6.07, 6.45) is -0.738. The fourth-order valence-corrected chi connectivity index (χ4v) is 6.27. The van der Waals surface area contributed by atoms with E-state index in [1.165, 1.54) is 0 Å². The topological polar surface area (TPSA) is 49.8 Å².